The number of hydrogen-bond acceptors (Lipinski definition) is 5. The van der Waals surface area contributed by atoms with E-state index < -0.39 is 5.60 Å². The van der Waals surface area contributed by atoms with Gasteiger partial charge in [0.25, 0.3) is 0 Å². The van der Waals surface area contributed by atoms with Crippen molar-refractivity contribution in [1.29, 1.82) is 0 Å². The molecular formula is C27H31ClN4O3. The molecule has 0 saturated heterocycles. The van der Waals surface area contributed by atoms with Crippen LogP contribution in [-0.4, -0.2) is 37.5 Å². The minimum absolute atomic E-state index is 0.203. The van der Waals surface area contributed by atoms with E-state index in [1.54, 1.807) is 4.90 Å². The molecule has 0 atom stereocenters. The quantitative estimate of drug-likeness (QED) is 0.428. The lowest BCUT2D eigenvalue weighted by Crippen LogP contribution is -2.35. The minimum atomic E-state index is -0.583. The van der Waals surface area contributed by atoms with Gasteiger partial charge in [-0.3, -0.25) is 9.47 Å². The lowest BCUT2D eigenvalue weighted by Gasteiger charge is -2.29. The first-order valence-electron chi connectivity index (χ1n) is 12.2. The topological polar surface area (TPSA) is 69.5 Å². The summed E-state index contributed by atoms with van der Waals surface area (Å²) in [6.45, 7) is 6.32. The van der Waals surface area contributed by atoms with Crippen molar-refractivity contribution >= 4 is 17.7 Å². The standard InChI is InChI=1S/C27H31ClN4O3/c1-27(2,3)35-26(33)31-16-19-15-20(28)11-14-23(19)32-24(17-31)29-30-25(32)18-9-12-22(13-10-18)34-21-7-5-4-6-8-21/h4-8,11,14-15,18,22H,9-10,12-13,16-17H2,1-3H3/t18-,22+. The third kappa shape index (κ3) is 5.30. The highest BCUT2D eigenvalue weighted by molar-refractivity contribution is 6.30. The molecule has 1 amide bonds. The van der Waals surface area contributed by atoms with Crippen molar-refractivity contribution in [3.8, 4) is 11.4 Å². The number of hydrogen-bond donors (Lipinski definition) is 0. The fourth-order valence-electron chi connectivity index (χ4n) is 4.88. The summed E-state index contributed by atoms with van der Waals surface area (Å²) in [6.07, 6.45) is 3.68. The normalized spacial score (nSPS) is 19.9. The van der Waals surface area contributed by atoms with Crippen molar-refractivity contribution in [2.24, 2.45) is 0 Å². The fraction of sp³-hybridized carbons (Fsp3) is 0.444. The van der Waals surface area contributed by atoms with Gasteiger partial charge >= 0.3 is 6.09 Å². The molecule has 1 saturated carbocycles. The van der Waals surface area contributed by atoms with Crippen molar-refractivity contribution < 1.29 is 14.3 Å². The van der Waals surface area contributed by atoms with E-state index >= 15 is 0 Å². The van der Waals surface area contributed by atoms with Crippen LogP contribution in [0.5, 0.6) is 5.75 Å². The van der Waals surface area contributed by atoms with Crippen molar-refractivity contribution in [3.63, 3.8) is 0 Å². The average molecular weight is 495 g/mol. The number of amides is 1. The van der Waals surface area contributed by atoms with E-state index in [2.05, 4.69) is 14.8 Å². The largest absolute Gasteiger partial charge is 0.490 e. The van der Waals surface area contributed by atoms with Crippen molar-refractivity contribution in [3.05, 3.63) is 70.8 Å². The second-order valence-electron chi connectivity index (χ2n) is 10.3. The summed E-state index contributed by atoms with van der Waals surface area (Å²) in [5, 5.41) is 9.78. The molecule has 0 unspecified atom stereocenters. The molecular weight excluding hydrogens is 464 g/mol. The zero-order valence-electron chi connectivity index (χ0n) is 20.4. The number of fused-ring (bicyclic) bond motifs is 3. The van der Waals surface area contributed by atoms with Crippen LogP contribution in [-0.2, 0) is 17.8 Å². The molecule has 2 heterocycles. The molecule has 3 aromatic rings. The Kier molecular flexibility index (Phi) is 6.45. The van der Waals surface area contributed by atoms with E-state index in [4.69, 9.17) is 21.1 Å². The van der Waals surface area contributed by atoms with Crippen LogP contribution < -0.4 is 4.74 Å². The number of benzene rings is 2. The monoisotopic (exact) mass is 494 g/mol. The third-order valence-electron chi connectivity index (χ3n) is 6.47. The summed E-state index contributed by atoms with van der Waals surface area (Å²) < 4.78 is 14.0. The molecule has 1 aliphatic carbocycles. The van der Waals surface area contributed by atoms with Gasteiger partial charge in [0.05, 0.1) is 24.9 Å². The summed E-state index contributed by atoms with van der Waals surface area (Å²) in [5.41, 5.74) is 1.34. The van der Waals surface area contributed by atoms with Gasteiger partial charge in [-0.1, -0.05) is 29.8 Å². The van der Waals surface area contributed by atoms with E-state index in [-0.39, 0.29) is 18.1 Å². The van der Waals surface area contributed by atoms with E-state index in [9.17, 15) is 4.79 Å². The van der Waals surface area contributed by atoms with Gasteiger partial charge in [-0.25, -0.2) is 4.79 Å². The molecule has 1 aliphatic heterocycles. The Morgan fingerprint density at radius 2 is 1.74 bits per heavy atom. The Morgan fingerprint density at radius 1 is 1.00 bits per heavy atom. The van der Waals surface area contributed by atoms with Gasteiger partial charge in [0, 0.05) is 10.9 Å². The Morgan fingerprint density at radius 3 is 2.46 bits per heavy atom. The summed E-state index contributed by atoms with van der Waals surface area (Å²) in [6, 6.07) is 15.8. The molecule has 8 heteroatoms. The highest BCUT2D eigenvalue weighted by Crippen LogP contribution is 2.37. The number of carbonyl (C=O) groups excluding carboxylic acids is 1. The number of aromatic nitrogens is 3. The molecule has 0 bridgehead atoms. The number of rotatable bonds is 3. The number of ether oxygens (including phenoxy) is 2. The van der Waals surface area contributed by atoms with Gasteiger partial charge in [-0.05, 0) is 82.3 Å². The van der Waals surface area contributed by atoms with Gasteiger partial charge in [0.15, 0.2) is 5.82 Å². The van der Waals surface area contributed by atoms with Gasteiger partial charge < -0.3 is 9.47 Å². The predicted molar refractivity (Wildman–Crippen MR) is 134 cm³/mol. The molecule has 184 valence electrons. The van der Waals surface area contributed by atoms with E-state index in [1.165, 1.54) is 0 Å². The fourth-order valence-corrected chi connectivity index (χ4v) is 5.07. The highest BCUT2D eigenvalue weighted by atomic mass is 35.5. The van der Waals surface area contributed by atoms with Gasteiger partial charge in [-0.2, -0.15) is 0 Å². The maximum atomic E-state index is 13.0. The maximum Gasteiger partial charge on any atom is 0.411 e. The predicted octanol–water partition coefficient (Wildman–Crippen LogP) is 6.28. The molecule has 0 N–H and O–H groups in total. The van der Waals surface area contributed by atoms with Gasteiger partial charge in [-0.15, -0.1) is 10.2 Å². The van der Waals surface area contributed by atoms with Crippen LogP contribution in [0.4, 0.5) is 4.79 Å². The average Bonchev–Trinajstić information content (AvgIpc) is 3.15. The zero-order valence-corrected chi connectivity index (χ0v) is 21.2. The second kappa shape index (κ2) is 9.53. The highest BCUT2D eigenvalue weighted by Gasteiger charge is 2.33. The smallest absolute Gasteiger partial charge is 0.411 e. The van der Waals surface area contributed by atoms with Crippen LogP contribution in [0.3, 0.4) is 0 Å². The molecule has 1 fully saturated rings. The van der Waals surface area contributed by atoms with Crippen LogP contribution in [0, 0.1) is 0 Å². The summed E-state index contributed by atoms with van der Waals surface area (Å²) in [4.78, 5) is 14.6. The number of carbonyl (C=O) groups is 1. The Labute approximate surface area is 211 Å². The van der Waals surface area contributed by atoms with Crippen molar-refractivity contribution in [2.75, 3.05) is 0 Å². The van der Waals surface area contributed by atoms with E-state index in [1.807, 2.05) is 69.3 Å². The van der Waals surface area contributed by atoms with Crippen LogP contribution in [0.25, 0.3) is 5.69 Å². The maximum absolute atomic E-state index is 13.0. The third-order valence-corrected chi connectivity index (χ3v) is 6.70. The summed E-state index contributed by atoms with van der Waals surface area (Å²) in [7, 11) is 0. The van der Waals surface area contributed by atoms with Crippen molar-refractivity contribution in [2.45, 2.75) is 77.2 Å². The Bertz CT molecular complexity index is 1200. The Hall–Kier alpha value is -3.06. The molecule has 1 aromatic heterocycles. The molecule has 2 aliphatic rings. The number of nitrogens with zero attached hydrogens (tertiary/aromatic N) is 4. The molecule has 0 radical (unpaired) electrons. The van der Waals surface area contributed by atoms with Crippen LogP contribution in [0.1, 0.15) is 69.6 Å². The lowest BCUT2D eigenvalue weighted by molar-refractivity contribution is 0.0214. The first-order valence-corrected chi connectivity index (χ1v) is 12.6. The van der Waals surface area contributed by atoms with E-state index in [0.29, 0.717) is 18.1 Å². The first kappa shape index (κ1) is 23.7. The van der Waals surface area contributed by atoms with Crippen LogP contribution >= 0.6 is 11.6 Å². The molecule has 35 heavy (non-hydrogen) atoms. The number of halogens is 1. The van der Waals surface area contributed by atoms with Gasteiger partial charge in [0.1, 0.15) is 17.2 Å². The number of para-hydroxylation sites is 1. The first-order chi connectivity index (χ1) is 16.8. The second-order valence-corrected chi connectivity index (χ2v) is 10.8. The molecule has 5 rings (SSSR count). The van der Waals surface area contributed by atoms with Crippen LogP contribution in [0.15, 0.2) is 48.5 Å². The van der Waals surface area contributed by atoms with Crippen molar-refractivity contribution in [1.82, 2.24) is 19.7 Å². The molecule has 0 spiro atoms. The van der Waals surface area contributed by atoms with Crippen LogP contribution in [0.2, 0.25) is 5.02 Å². The SMILES string of the molecule is CC(C)(C)OC(=O)N1Cc2cc(Cl)ccc2-n2c(nnc2[C@H]2CC[C@@H](Oc3ccccc3)CC2)C1. The van der Waals surface area contributed by atoms with E-state index in [0.717, 1.165) is 54.3 Å². The molecule has 7 nitrogen and oxygen atoms in total. The summed E-state index contributed by atoms with van der Waals surface area (Å²) >= 11 is 6.35. The summed E-state index contributed by atoms with van der Waals surface area (Å²) in [5.74, 6) is 2.85. The van der Waals surface area contributed by atoms with Gasteiger partial charge in [0.2, 0.25) is 0 Å². The Balaban J connectivity index is 1.40. The lowest BCUT2D eigenvalue weighted by atomic mass is 9.86. The minimum Gasteiger partial charge on any atom is -0.490 e. The zero-order chi connectivity index (χ0) is 24.6. The molecule has 2 aromatic carbocycles.